The molecule has 2 rings (SSSR count). The Hall–Kier alpha value is -1.73. The van der Waals surface area contributed by atoms with Gasteiger partial charge in [0, 0.05) is 18.0 Å². The summed E-state index contributed by atoms with van der Waals surface area (Å²) in [6, 6.07) is 1.78. The van der Waals surface area contributed by atoms with E-state index in [1.54, 1.807) is 18.5 Å². The molecule has 0 radical (unpaired) electrons. The molecule has 6 nitrogen and oxygen atoms in total. The first-order valence-corrected chi connectivity index (χ1v) is 5.92. The van der Waals surface area contributed by atoms with Gasteiger partial charge in [-0.2, -0.15) is 0 Å². The second-order valence-corrected chi connectivity index (χ2v) is 4.09. The Bertz CT molecular complexity index is 489. The minimum atomic E-state index is 0.640. The van der Waals surface area contributed by atoms with E-state index in [-0.39, 0.29) is 0 Å². The van der Waals surface area contributed by atoms with Crippen molar-refractivity contribution >= 4 is 17.6 Å². The van der Waals surface area contributed by atoms with E-state index in [0.29, 0.717) is 11.0 Å². The van der Waals surface area contributed by atoms with Crippen LogP contribution in [0.5, 0.6) is 0 Å². The van der Waals surface area contributed by atoms with Crippen LogP contribution in [0, 0.1) is 0 Å². The molecule has 0 aliphatic rings. The van der Waals surface area contributed by atoms with Crippen molar-refractivity contribution in [1.82, 2.24) is 19.9 Å². The number of hydrogen-bond acceptors (Lipinski definition) is 7. The molecule has 0 spiro atoms. The summed E-state index contributed by atoms with van der Waals surface area (Å²) in [5.74, 6) is 6.05. The highest BCUT2D eigenvalue weighted by Gasteiger charge is 2.11. The number of anilines is 1. The summed E-state index contributed by atoms with van der Waals surface area (Å²) in [5, 5.41) is 1.48. The number of nitrogens with two attached hydrogens (primary N) is 1. The van der Waals surface area contributed by atoms with Crippen LogP contribution >= 0.6 is 11.8 Å². The van der Waals surface area contributed by atoms with Gasteiger partial charge in [-0.25, -0.2) is 25.8 Å². The Morgan fingerprint density at radius 2 is 2.00 bits per heavy atom. The van der Waals surface area contributed by atoms with Gasteiger partial charge in [-0.05, 0) is 24.2 Å². The van der Waals surface area contributed by atoms with Crippen LogP contribution in [0.15, 0.2) is 35.0 Å². The van der Waals surface area contributed by atoms with Gasteiger partial charge in [-0.15, -0.1) is 0 Å². The van der Waals surface area contributed by atoms with E-state index >= 15 is 0 Å². The standard InChI is InChI=1S/C10H12N6S/c1-2-7-8(16-11)14-6-15-9(7)17-10-12-4-3-5-13-10/h3-6H,2,11H2,1H3,(H,14,15,16). The SMILES string of the molecule is CCc1c(NN)ncnc1Sc1ncccn1. The first-order chi connectivity index (χ1) is 8.35. The summed E-state index contributed by atoms with van der Waals surface area (Å²) in [4.78, 5) is 16.6. The molecule has 0 saturated carbocycles. The normalized spacial score (nSPS) is 10.2. The number of hydrogen-bond donors (Lipinski definition) is 2. The Morgan fingerprint density at radius 1 is 1.24 bits per heavy atom. The van der Waals surface area contributed by atoms with Crippen molar-refractivity contribution < 1.29 is 0 Å². The van der Waals surface area contributed by atoms with E-state index in [9.17, 15) is 0 Å². The zero-order valence-corrected chi connectivity index (χ0v) is 10.1. The minimum Gasteiger partial charge on any atom is -0.308 e. The van der Waals surface area contributed by atoms with E-state index in [1.165, 1.54) is 18.1 Å². The number of nitrogens with zero attached hydrogens (tertiary/aromatic N) is 4. The molecule has 2 aromatic heterocycles. The molecule has 3 N–H and O–H groups in total. The van der Waals surface area contributed by atoms with E-state index < -0.39 is 0 Å². The maximum atomic E-state index is 5.41. The molecule has 0 aliphatic heterocycles. The molecule has 0 aromatic carbocycles. The molecular formula is C10H12N6S. The van der Waals surface area contributed by atoms with Crippen LogP contribution < -0.4 is 11.3 Å². The van der Waals surface area contributed by atoms with Gasteiger partial charge in [0.05, 0.1) is 0 Å². The second kappa shape index (κ2) is 5.55. The molecule has 0 bridgehead atoms. The number of rotatable bonds is 4. The lowest BCUT2D eigenvalue weighted by Crippen LogP contribution is -2.12. The zero-order chi connectivity index (χ0) is 12.1. The fourth-order valence-corrected chi connectivity index (χ4v) is 2.22. The fourth-order valence-electron chi connectivity index (χ4n) is 1.35. The first kappa shape index (κ1) is 11.7. The lowest BCUT2D eigenvalue weighted by molar-refractivity contribution is 0.920. The van der Waals surface area contributed by atoms with Gasteiger partial charge in [-0.3, -0.25) is 0 Å². The van der Waals surface area contributed by atoms with Gasteiger partial charge in [0.25, 0.3) is 0 Å². The van der Waals surface area contributed by atoms with Crippen LogP contribution in [0.3, 0.4) is 0 Å². The summed E-state index contributed by atoms with van der Waals surface area (Å²) in [6.07, 6.45) is 5.66. The molecule has 17 heavy (non-hydrogen) atoms. The molecule has 7 heteroatoms. The summed E-state index contributed by atoms with van der Waals surface area (Å²) >= 11 is 1.40. The third kappa shape index (κ3) is 2.69. The van der Waals surface area contributed by atoms with Crippen molar-refractivity contribution in [3.63, 3.8) is 0 Å². The highest BCUT2D eigenvalue weighted by Crippen LogP contribution is 2.28. The van der Waals surface area contributed by atoms with Gasteiger partial charge in [0.1, 0.15) is 17.2 Å². The average Bonchev–Trinajstić information content (AvgIpc) is 2.39. The molecule has 0 atom stereocenters. The van der Waals surface area contributed by atoms with Crippen LogP contribution in [-0.4, -0.2) is 19.9 Å². The molecule has 0 saturated heterocycles. The smallest absolute Gasteiger partial charge is 0.193 e. The van der Waals surface area contributed by atoms with Gasteiger partial charge in [0.2, 0.25) is 0 Å². The van der Waals surface area contributed by atoms with Crippen molar-refractivity contribution in [3.05, 3.63) is 30.4 Å². The van der Waals surface area contributed by atoms with Gasteiger partial charge < -0.3 is 5.43 Å². The van der Waals surface area contributed by atoms with Crippen molar-refractivity contribution in [2.45, 2.75) is 23.5 Å². The van der Waals surface area contributed by atoms with Crippen LogP contribution in [-0.2, 0) is 6.42 Å². The topological polar surface area (TPSA) is 89.6 Å². The Labute approximate surface area is 103 Å². The highest BCUT2D eigenvalue weighted by molar-refractivity contribution is 7.99. The van der Waals surface area contributed by atoms with Crippen molar-refractivity contribution in [2.24, 2.45) is 5.84 Å². The Kier molecular flexibility index (Phi) is 3.84. The maximum Gasteiger partial charge on any atom is 0.193 e. The maximum absolute atomic E-state index is 5.41. The summed E-state index contributed by atoms with van der Waals surface area (Å²) in [5.41, 5.74) is 3.53. The van der Waals surface area contributed by atoms with Crippen LogP contribution in [0.25, 0.3) is 0 Å². The second-order valence-electron chi connectivity index (χ2n) is 3.14. The Balaban J connectivity index is 2.33. The third-order valence-corrected chi connectivity index (χ3v) is 3.06. The van der Waals surface area contributed by atoms with Crippen molar-refractivity contribution in [3.8, 4) is 0 Å². The molecule has 2 heterocycles. The summed E-state index contributed by atoms with van der Waals surface area (Å²) in [6.45, 7) is 2.02. The number of hydrazine groups is 1. The molecule has 2 aromatic rings. The average molecular weight is 248 g/mol. The molecular weight excluding hydrogens is 236 g/mol. The highest BCUT2D eigenvalue weighted by atomic mass is 32.2. The zero-order valence-electron chi connectivity index (χ0n) is 9.29. The molecule has 0 amide bonds. The van der Waals surface area contributed by atoms with Crippen LogP contribution in [0.4, 0.5) is 5.82 Å². The van der Waals surface area contributed by atoms with Gasteiger partial charge >= 0.3 is 0 Å². The van der Waals surface area contributed by atoms with E-state index in [1.807, 2.05) is 6.92 Å². The largest absolute Gasteiger partial charge is 0.308 e. The van der Waals surface area contributed by atoms with E-state index in [0.717, 1.165) is 17.0 Å². The van der Waals surface area contributed by atoms with E-state index in [2.05, 4.69) is 25.4 Å². The number of nitrogens with one attached hydrogen (secondary N) is 1. The minimum absolute atomic E-state index is 0.640. The third-order valence-electron chi connectivity index (χ3n) is 2.13. The lowest BCUT2D eigenvalue weighted by atomic mass is 10.2. The van der Waals surface area contributed by atoms with Crippen molar-refractivity contribution in [2.75, 3.05) is 5.43 Å². The van der Waals surface area contributed by atoms with Crippen LogP contribution in [0.1, 0.15) is 12.5 Å². The predicted octanol–water partition coefficient (Wildman–Crippen LogP) is 1.27. The molecule has 0 fully saturated rings. The lowest BCUT2D eigenvalue weighted by Gasteiger charge is -2.09. The summed E-state index contributed by atoms with van der Waals surface area (Å²) in [7, 11) is 0. The quantitative estimate of drug-likeness (QED) is 0.364. The van der Waals surface area contributed by atoms with Gasteiger partial charge in [0.15, 0.2) is 5.16 Å². The Morgan fingerprint density at radius 3 is 2.65 bits per heavy atom. The predicted molar refractivity (Wildman–Crippen MR) is 65.4 cm³/mol. The first-order valence-electron chi connectivity index (χ1n) is 5.10. The molecule has 0 unspecified atom stereocenters. The monoisotopic (exact) mass is 248 g/mol. The number of aromatic nitrogens is 4. The van der Waals surface area contributed by atoms with E-state index in [4.69, 9.17) is 5.84 Å². The molecule has 88 valence electrons. The van der Waals surface area contributed by atoms with Gasteiger partial charge in [-0.1, -0.05) is 6.92 Å². The fraction of sp³-hybridized carbons (Fsp3) is 0.200. The van der Waals surface area contributed by atoms with Crippen LogP contribution in [0.2, 0.25) is 0 Å². The molecule has 0 aliphatic carbocycles. The van der Waals surface area contributed by atoms with Crippen molar-refractivity contribution in [1.29, 1.82) is 0 Å². The number of nitrogen functional groups attached to an aromatic ring is 1. The summed E-state index contributed by atoms with van der Waals surface area (Å²) < 4.78 is 0.